The van der Waals surface area contributed by atoms with Gasteiger partial charge in [-0.15, -0.1) is 0 Å². The second-order valence-electron chi connectivity index (χ2n) is 11.6. The normalized spacial score (nSPS) is 13.8. The summed E-state index contributed by atoms with van der Waals surface area (Å²) in [4.78, 5) is 35.9. The molecule has 244 valence electrons. The van der Waals surface area contributed by atoms with E-state index in [2.05, 4.69) is 0 Å². The maximum atomic E-state index is 12.4. The molecule has 0 saturated carbocycles. The second kappa shape index (κ2) is 12.1. The van der Waals surface area contributed by atoms with Crippen molar-refractivity contribution in [3.63, 3.8) is 0 Å². The fourth-order valence-corrected chi connectivity index (χ4v) is 5.27. The Bertz CT molecular complexity index is 2320. The van der Waals surface area contributed by atoms with Gasteiger partial charge in [-0.05, 0) is 61.9 Å². The van der Waals surface area contributed by atoms with E-state index in [9.17, 15) is 39.9 Å². The van der Waals surface area contributed by atoms with Crippen LogP contribution in [0.1, 0.15) is 29.8 Å². The van der Waals surface area contributed by atoms with Crippen molar-refractivity contribution in [3.05, 3.63) is 117 Å². The molecule has 7 rings (SSSR count). The average molecular weight is 653 g/mol. The van der Waals surface area contributed by atoms with Gasteiger partial charge in [0.1, 0.15) is 45.5 Å². The van der Waals surface area contributed by atoms with Crippen molar-refractivity contribution in [1.29, 1.82) is 0 Å². The Balaban J connectivity index is 0.000000170. The van der Waals surface area contributed by atoms with E-state index in [0.29, 0.717) is 23.3 Å². The van der Waals surface area contributed by atoms with Gasteiger partial charge in [-0.3, -0.25) is 4.79 Å². The van der Waals surface area contributed by atoms with Crippen molar-refractivity contribution in [2.24, 2.45) is 0 Å². The molecule has 2 aromatic heterocycles. The smallest absolute Gasteiger partial charge is 0.338 e. The first-order valence-electron chi connectivity index (χ1n) is 14.6. The zero-order valence-corrected chi connectivity index (χ0v) is 25.5. The Kier molecular flexibility index (Phi) is 7.93. The van der Waals surface area contributed by atoms with Crippen molar-refractivity contribution in [2.75, 3.05) is 0 Å². The summed E-state index contributed by atoms with van der Waals surface area (Å²) in [6.07, 6.45) is 0.285. The molecule has 12 nitrogen and oxygen atoms in total. The largest absolute Gasteiger partial charge is 0.508 e. The summed E-state index contributed by atoms with van der Waals surface area (Å²) in [7, 11) is 0. The average Bonchev–Trinajstić information content (AvgIpc) is 3.47. The van der Waals surface area contributed by atoms with Gasteiger partial charge in [0.2, 0.25) is 11.2 Å². The summed E-state index contributed by atoms with van der Waals surface area (Å²) >= 11 is 0. The zero-order valence-electron chi connectivity index (χ0n) is 25.5. The van der Waals surface area contributed by atoms with Crippen LogP contribution in [0.25, 0.3) is 33.3 Å². The first kappa shape index (κ1) is 31.5. The number of aromatic hydroxyl groups is 5. The molecule has 0 saturated heterocycles. The molecule has 0 bridgehead atoms. The molecule has 5 N–H and O–H groups in total. The number of hydrogen-bond acceptors (Lipinski definition) is 12. The predicted molar refractivity (Wildman–Crippen MR) is 173 cm³/mol. The minimum Gasteiger partial charge on any atom is -0.508 e. The Labute approximate surface area is 270 Å². The third-order valence-electron chi connectivity index (χ3n) is 7.79. The van der Waals surface area contributed by atoms with E-state index in [4.69, 9.17) is 18.3 Å². The number of hydrogen-bond donors (Lipinski definition) is 5. The first-order chi connectivity index (χ1) is 22.8. The fraction of sp³-hybridized carbons (Fsp3) is 0.139. The second-order valence-corrected chi connectivity index (χ2v) is 11.6. The minimum absolute atomic E-state index is 0.134. The van der Waals surface area contributed by atoms with E-state index in [-0.39, 0.29) is 45.9 Å². The van der Waals surface area contributed by atoms with Gasteiger partial charge in [0.15, 0.2) is 17.3 Å². The Morgan fingerprint density at radius 2 is 1.54 bits per heavy atom. The maximum Gasteiger partial charge on any atom is 0.338 e. The summed E-state index contributed by atoms with van der Waals surface area (Å²) < 4.78 is 22.3. The molecule has 48 heavy (non-hydrogen) atoms. The van der Waals surface area contributed by atoms with Gasteiger partial charge in [-0.25, -0.2) is 9.59 Å². The highest BCUT2D eigenvalue weighted by Crippen LogP contribution is 2.39. The van der Waals surface area contributed by atoms with Gasteiger partial charge in [0, 0.05) is 41.6 Å². The highest BCUT2D eigenvalue weighted by atomic mass is 16.6. The van der Waals surface area contributed by atoms with Crippen LogP contribution >= 0.6 is 0 Å². The number of phenolic OH excluding ortho intramolecular Hbond substituents is 4. The standard InChI is InChI=1S/C21H18O5.C15H10O7/c1-21(2,26-20(23)13-6-4-3-5-7-13)18-11-15-10-14-8-9-19(22)25-16(14)12-17(15)24-18;16-7-4-10(19)12-11(5-7)22-15(14(21)13(12)20)6-1-2-8(17)9(18)3-6/h3-10,12,18H,11H2,1-2H3;1-5,16-19,21H. The lowest BCUT2D eigenvalue weighted by Gasteiger charge is -2.30. The molecule has 1 unspecified atom stereocenters. The van der Waals surface area contributed by atoms with Gasteiger partial charge in [-0.2, -0.15) is 0 Å². The SMILES string of the molecule is CC(C)(OC(=O)c1ccccc1)C1Cc2cc3ccc(=O)oc3cc2O1.O=c1c(O)c(-c2ccc(O)c(O)c2)oc2cc(O)cc(O)c12. The quantitative estimate of drug-likeness (QED) is 0.0883. The molecule has 0 spiro atoms. The van der Waals surface area contributed by atoms with Crippen molar-refractivity contribution in [3.8, 4) is 45.8 Å². The molecule has 3 heterocycles. The molecule has 6 aromatic rings. The molecule has 0 radical (unpaired) electrons. The van der Waals surface area contributed by atoms with Crippen molar-refractivity contribution in [2.45, 2.75) is 32.0 Å². The molecular formula is C36H28O12. The summed E-state index contributed by atoms with van der Waals surface area (Å²) in [5.74, 6) is -2.44. The number of carbonyl (C=O) groups excluding carboxylic acids is 1. The van der Waals surface area contributed by atoms with E-state index in [1.165, 1.54) is 12.1 Å². The highest BCUT2D eigenvalue weighted by molar-refractivity contribution is 5.90. The van der Waals surface area contributed by atoms with E-state index in [0.717, 1.165) is 35.2 Å². The lowest BCUT2D eigenvalue weighted by atomic mass is 9.96. The number of benzene rings is 4. The molecule has 1 atom stereocenters. The van der Waals surface area contributed by atoms with Crippen LogP contribution in [0, 0.1) is 0 Å². The van der Waals surface area contributed by atoms with Crippen molar-refractivity contribution >= 4 is 27.9 Å². The third-order valence-corrected chi connectivity index (χ3v) is 7.79. The number of phenols is 4. The van der Waals surface area contributed by atoms with Crippen LogP contribution in [0.2, 0.25) is 0 Å². The summed E-state index contributed by atoms with van der Waals surface area (Å²) in [6, 6.07) is 21.3. The summed E-state index contributed by atoms with van der Waals surface area (Å²) in [5.41, 5.74) is -0.124. The van der Waals surface area contributed by atoms with Crippen LogP contribution in [-0.2, 0) is 11.2 Å². The maximum absolute atomic E-state index is 12.4. The molecule has 0 amide bonds. The van der Waals surface area contributed by atoms with Crippen LogP contribution in [0.5, 0.6) is 34.5 Å². The van der Waals surface area contributed by atoms with E-state index >= 15 is 0 Å². The van der Waals surface area contributed by atoms with Gasteiger partial charge in [-0.1, -0.05) is 18.2 Å². The number of ether oxygens (including phenoxy) is 2. The van der Waals surface area contributed by atoms with E-state index in [1.54, 1.807) is 36.4 Å². The molecular weight excluding hydrogens is 624 g/mol. The van der Waals surface area contributed by atoms with Crippen LogP contribution in [0.3, 0.4) is 0 Å². The molecule has 1 aliphatic rings. The monoisotopic (exact) mass is 652 g/mol. The minimum atomic E-state index is -0.888. The van der Waals surface area contributed by atoms with Crippen LogP contribution in [0.4, 0.5) is 0 Å². The van der Waals surface area contributed by atoms with Crippen LogP contribution in [0.15, 0.2) is 103 Å². The first-order valence-corrected chi connectivity index (χ1v) is 14.6. The number of esters is 1. The Morgan fingerprint density at radius 3 is 2.27 bits per heavy atom. The van der Waals surface area contributed by atoms with E-state index in [1.807, 2.05) is 26.0 Å². The molecule has 0 aliphatic carbocycles. The Morgan fingerprint density at radius 1 is 0.792 bits per heavy atom. The molecule has 4 aromatic carbocycles. The lowest BCUT2D eigenvalue weighted by Crippen LogP contribution is -2.43. The lowest BCUT2D eigenvalue weighted by molar-refractivity contribution is -0.0517. The van der Waals surface area contributed by atoms with Crippen molar-refractivity contribution < 1.29 is 48.6 Å². The van der Waals surface area contributed by atoms with Crippen LogP contribution in [-0.4, -0.2) is 43.2 Å². The number of carbonyl (C=O) groups is 1. The third kappa shape index (κ3) is 6.06. The molecule has 0 fully saturated rings. The van der Waals surface area contributed by atoms with Gasteiger partial charge >= 0.3 is 11.6 Å². The van der Waals surface area contributed by atoms with Gasteiger partial charge in [0.25, 0.3) is 0 Å². The summed E-state index contributed by atoms with van der Waals surface area (Å²) in [5, 5.41) is 48.5. The van der Waals surface area contributed by atoms with Crippen molar-refractivity contribution in [1.82, 2.24) is 0 Å². The summed E-state index contributed by atoms with van der Waals surface area (Å²) in [6.45, 7) is 3.68. The fourth-order valence-electron chi connectivity index (χ4n) is 5.27. The van der Waals surface area contributed by atoms with E-state index < -0.39 is 33.9 Å². The number of fused-ring (bicyclic) bond motifs is 3. The predicted octanol–water partition coefficient (Wildman–Crippen LogP) is 5.72. The van der Waals surface area contributed by atoms with Gasteiger partial charge in [0.05, 0.1) is 5.56 Å². The topological polar surface area (TPSA) is 197 Å². The molecule has 12 heteroatoms. The van der Waals surface area contributed by atoms with Gasteiger partial charge < -0.3 is 43.8 Å². The highest BCUT2D eigenvalue weighted by Gasteiger charge is 2.40. The zero-order chi connectivity index (χ0) is 34.3. The van der Waals surface area contributed by atoms with Crippen LogP contribution < -0.4 is 15.8 Å². The number of rotatable bonds is 4. The Hall–Kier alpha value is -6.43. The molecule has 1 aliphatic heterocycles.